The number of amides is 1. The van der Waals surface area contributed by atoms with Crippen LogP contribution in [0.3, 0.4) is 0 Å². The van der Waals surface area contributed by atoms with Crippen LogP contribution in [-0.4, -0.2) is 26.7 Å². The van der Waals surface area contributed by atoms with E-state index in [1.54, 1.807) is 13.1 Å². The highest BCUT2D eigenvalue weighted by atomic mass is 16.5. The molecular weight excluding hydrogens is 130 g/mol. The maximum atomic E-state index is 10.2. The Labute approximate surface area is 62.1 Å². The first-order valence-corrected chi connectivity index (χ1v) is 2.99. The Hall–Kier alpha value is -0.830. The van der Waals surface area contributed by atoms with E-state index in [0.29, 0.717) is 0 Å². The van der Waals surface area contributed by atoms with Crippen LogP contribution in [0.1, 0.15) is 6.92 Å². The lowest BCUT2D eigenvalue weighted by Gasteiger charge is -1.92. The van der Waals surface area contributed by atoms with E-state index in [1.165, 1.54) is 7.11 Å². The Kier molecular flexibility index (Phi) is 13.1. The van der Waals surface area contributed by atoms with Gasteiger partial charge in [-0.15, -0.1) is 6.58 Å². The summed E-state index contributed by atoms with van der Waals surface area (Å²) in [6, 6.07) is 0. The average Bonchev–Trinajstić information content (AvgIpc) is 1.90. The van der Waals surface area contributed by atoms with Crippen LogP contribution in [0.2, 0.25) is 0 Å². The number of ether oxygens (including phenoxy) is 1. The lowest BCUT2D eigenvalue weighted by atomic mass is 10.7. The minimum Gasteiger partial charge on any atom is -0.375 e. The van der Waals surface area contributed by atoms with Crippen molar-refractivity contribution in [1.29, 1.82) is 0 Å². The fraction of sp³-hybridized carbons (Fsp3) is 0.571. The summed E-state index contributed by atoms with van der Waals surface area (Å²) < 4.78 is 4.48. The Balaban J connectivity index is 0. The van der Waals surface area contributed by atoms with Crippen molar-refractivity contribution in [2.24, 2.45) is 0 Å². The van der Waals surface area contributed by atoms with Crippen molar-refractivity contribution in [2.45, 2.75) is 6.92 Å². The van der Waals surface area contributed by atoms with Gasteiger partial charge in [0.1, 0.15) is 6.61 Å². The topological polar surface area (TPSA) is 38.3 Å². The molecule has 3 heteroatoms. The lowest BCUT2D eigenvalue weighted by Crippen LogP contribution is -2.22. The third kappa shape index (κ3) is 15.7. The fourth-order valence-corrected chi connectivity index (χ4v) is 0.203. The monoisotopic (exact) mass is 145 g/mol. The zero-order chi connectivity index (χ0) is 8.41. The molecule has 0 spiro atoms. The zero-order valence-corrected chi connectivity index (χ0v) is 6.81. The van der Waals surface area contributed by atoms with Gasteiger partial charge in [-0.25, -0.2) is 0 Å². The normalized spacial score (nSPS) is 7.10. The summed E-state index contributed by atoms with van der Waals surface area (Å²) in [7, 11) is 3.05. The molecule has 0 unspecified atom stereocenters. The van der Waals surface area contributed by atoms with Gasteiger partial charge in [0, 0.05) is 14.2 Å². The molecule has 0 heterocycles. The molecule has 0 aliphatic rings. The zero-order valence-electron chi connectivity index (χ0n) is 6.81. The van der Waals surface area contributed by atoms with E-state index in [-0.39, 0.29) is 12.5 Å². The SMILES string of the molecule is C=CC.CNC(=O)COC. The van der Waals surface area contributed by atoms with Crippen LogP contribution in [-0.2, 0) is 9.53 Å². The quantitative estimate of drug-likeness (QED) is 0.577. The van der Waals surface area contributed by atoms with Crippen LogP contribution in [0, 0.1) is 0 Å². The van der Waals surface area contributed by atoms with Gasteiger partial charge in [-0.05, 0) is 6.92 Å². The third-order valence-electron chi connectivity index (χ3n) is 0.554. The summed E-state index contributed by atoms with van der Waals surface area (Å²) in [4.78, 5) is 10.2. The van der Waals surface area contributed by atoms with Crippen molar-refractivity contribution >= 4 is 5.91 Å². The number of rotatable bonds is 2. The Morgan fingerprint density at radius 1 is 1.80 bits per heavy atom. The predicted molar refractivity (Wildman–Crippen MR) is 41.8 cm³/mol. The first-order chi connectivity index (χ1) is 4.72. The van der Waals surface area contributed by atoms with Crippen molar-refractivity contribution in [1.82, 2.24) is 5.32 Å². The van der Waals surface area contributed by atoms with Gasteiger partial charge in [-0.3, -0.25) is 4.79 Å². The van der Waals surface area contributed by atoms with E-state index in [4.69, 9.17) is 0 Å². The molecule has 0 saturated heterocycles. The standard InChI is InChI=1S/C4H9NO2.C3H6/c1-5-4(6)3-7-2;1-3-2/h3H2,1-2H3,(H,5,6);3H,1H2,2H3. The predicted octanol–water partition coefficient (Wildman–Crippen LogP) is 0.571. The number of hydrogen-bond donors (Lipinski definition) is 1. The molecule has 60 valence electrons. The third-order valence-corrected chi connectivity index (χ3v) is 0.554. The summed E-state index contributed by atoms with van der Waals surface area (Å²) in [6.07, 6.45) is 1.75. The highest BCUT2D eigenvalue weighted by Gasteiger charge is 1.90. The molecule has 0 aromatic carbocycles. The summed E-state index contributed by atoms with van der Waals surface area (Å²) in [5.41, 5.74) is 0. The molecule has 0 saturated carbocycles. The van der Waals surface area contributed by atoms with E-state index in [0.717, 1.165) is 0 Å². The maximum Gasteiger partial charge on any atom is 0.245 e. The first kappa shape index (κ1) is 11.9. The second-order valence-corrected chi connectivity index (χ2v) is 1.51. The minimum atomic E-state index is -0.0949. The van der Waals surface area contributed by atoms with Crippen molar-refractivity contribution in [3.8, 4) is 0 Å². The molecule has 10 heavy (non-hydrogen) atoms. The van der Waals surface area contributed by atoms with E-state index in [9.17, 15) is 4.79 Å². The minimum absolute atomic E-state index is 0.0949. The van der Waals surface area contributed by atoms with Crippen molar-refractivity contribution < 1.29 is 9.53 Å². The number of hydrogen-bond acceptors (Lipinski definition) is 2. The van der Waals surface area contributed by atoms with Gasteiger partial charge in [0.05, 0.1) is 0 Å². The first-order valence-electron chi connectivity index (χ1n) is 2.99. The largest absolute Gasteiger partial charge is 0.375 e. The van der Waals surface area contributed by atoms with Gasteiger partial charge in [0.25, 0.3) is 0 Å². The van der Waals surface area contributed by atoms with E-state index >= 15 is 0 Å². The van der Waals surface area contributed by atoms with Crippen molar-refractivity contribution in [3.05, 3.63) is 12.7 Å². The van der Waals surface area contributed by atoms with Gasteiger partial charge in [-0.2, -0.15) is 0 Å². The Bertz CT molecular complexity index is 91.6. The maximum absolute atomic E-state index is 10.2. The molecule has 0 aromatic rings. The van der Waals surface area contributed by atoms with E-state index in [1.807, 2.05) is 6.92 Å². The lowest BCUT2D eigenvalue weighted by molar-refractivity contribution is -0.124. The van der Waals surface area contributed by atoms with Crippen LogP contribution >= 0.6 is 0 Å². The molecule has 0 aromatic heterocycles. The van der Waals surface area contributed by atoms with Crippen LogP contribution in [0.4, 0.5) is 0 Å². The van der Waals surface area contributed by atoms with Gasteiger partial charge in [0.2, 0.25) is 5.91 Å². The molecular formula is C7H15NO2. The summed E-state index contributed by atoms with van der Waals surface area (Å²) in [5, 5.41) is 2.40. The number of nitrogens with one attached hydrogen (secondary N) is 1. The van der Waals surface area contributed by atoms with E-state index < -0.39 is 0 Å². The van der Waals surface area contributed by atoms with Crippen LogP contribution in [0.5, 0.6) is 0 Å². The van der Waals surface area contributed by atoms with Gasteiger partial charge in [-0.1, -0.05) is 6.08 Å². The molecule has 0 aliphatic heterocycles. The number of allylic oxidation sites excluding steroid dienone is 1. The molecule has 1 amide bonds. The summed E-state index contributed by atoms with van der Waals surface area (Å²) >= 11 is 0. The molecule has 3 nitrogen and oxygen atoms in total. The number of likely N-dealkylation sites (N-methyl/N-ethyl adjacent to an activating group) is 1. The van der Waals surface area contributed by atoms with Crippen molar-refractivity contribution in [3.63, 3.8) is 0 Å². The van der Waals surface area contributed by atoms with Crippen LogP contribution < -0.4 is 5.32 Å². The van der Waals surface area contributed by atoms with E-state index in [2.05, 4.69) is 16.6 Å². The molecule has 0 aliphatic carbocycles. The molecule has 0 atom stereocenters. The average molecular weight is 145 g/mol. The second kappa shape index (κ2) is 11.0. The fourth-order valence-electron chi connectivity index (χ4n) is 0.203. The number of carbonyl (C=O) groups is 1. The smallest absolute Gasteiger partial charge is 0.245 e. The van der Waals surface area contributed by atoms with Gasteiger partial charge < -0.3 is 10.1 Å². The Morgan fingerprint density at radius 2 is 2.20 bits per heavy atom. The second-order valence-electron chi connectivity index (χ2n) is 1.51. The summed E-state index contributed by atoms with van der Waals surface area (Å²) in [6.45, 7) is 5.40. The molecule has 1 N–H and O–H groups in total. The summed E-state index contributed by atoms with van der Waals surface area (Å²) in [5.74, 6) is -0.0949. The van der Waals surface area contributed by atoms with Crippen LogP contribution in [0.25, 0.3) is 0 Å². The van der Waals surface area contributed by atoms with Gasteiger partial charge in [0.15, 0.2) is 0 Å². The highest BCUT2D eigenvalue weighted by molar-refractivity contribution is 5.76. The molecule has 0 rings (SSSR count). The van der Waals surface area contributed by atoms with Gasteiger partial charge >= 0.3 is 0 Å². The van der Waals surface area contributed by atoms with Crippen LogP contribution in [0.15, 0.2) is 12.7 Å². The number of carbonyl (C=O) groups excluding carboxylic acids is 1. The highest BCUT2D eigenvalue weighted by Crippen LogP contribution is 1.62. The van der Waals surface area contributed by atoms with Crippen molar-refractivity contribution in [2.75, 3.05) is 20.8 Å². The molecule has 0 fully saturated rings. The Morgan fingerprint density at radius 3 is 2.30 bits per heavy atom. The molecule has 0 bridgehead atoms. The molecule has 0 radical (unpaired) electrons. The number of methoxy groups -OCH3 is 1.